The van der Waals surface area contributed by atoms with Crippen LogP contribution >= 0.6 is 11.6 Å². The molecule has 3 nitrogen and oxygen atoms in total. The van der Waals surface area contributed by atoms with Gasteiger partial charge < -0.3 is 14.6 Å². The average molecular weight is 265 g/mol. The second-order valence-corrected chi connectivity index (χ2v) is 4.08. The molecule has 2 aromatic carbocycles. The van der Waals surface area contributed by atoms with Gasteiger partial charge >= 0.3 is 0 Å². The zero-order valence-corrected chi connectivity index (χ0v) is 10.4. The Morgan fingerprint density at radius 2 is 1.56 bits per heavy atom. The summed E-state index contributed by atoms with van der Waals surface area (Å²) in [4.78, 5) is 0. The van der Waals surface area contributed by atoms with Gasteiger partial charge in [0.2, 0.25) is 0 Å². The first-order chi connectivity index (χ1) is 8.74. The predicted molar refractivity (Wildman–Crippen MR) is 70.5 cm³/mol. The van der Waals surface area contributed by atoms with E-state index < -0.39 is 0 Å². The molecule has 0 bridgehead atoms. The van der Waals surface area contributed by atoms with E-state index in [1.54, 1.807) is 48.5 Å². The van der Waals surface area contributed by atoms with Crippen molar-refractivity contribution in [1.29, 1.82) is 0 Å². The maximum Gasteiger partial charge on any atom is 0.123 e. The van der Waals surface area contributed by atoms with E-state index in [0.717, 1.165) is 5.75 Å². The molecule has 0 aliphatic heterocycles. The Labute approximate surface area is 111 Å². The number of ether oxygens (including phenoxy) is 2. The minimum atomic E-state index is 0.186. The van der Waals surface area contributed by atoms with Crippen LogP contribution in [0.25, 0.3) is 0 Å². The highest BCUT2D eigenvalue weighted by Gasteiger charge is 1.97. The number of hydrogen-bond donors (Lipinski definition) is 1. The van der Waals surface area contributed by atoms with Crippen molar-refractivity contribution in [1.82, 2.24) is 0 Å². The third kappa shape index (κ3) is 3.86. The molecule has 0 unspecified atom stereocenters. The van der Waals surface area contributed by atoms with Gasteiger partial charge in [-0.05, 0) is 36.4 Å². The van der Waals surface area contributed by atoms with Crippen molar-refractivity contribution in [2.75, 3.05) is 13.2 Å². The van der Waals surface area contributed by atoms with Gasteiger partial charge in [0.05, 0.1) is 0 Å². The largest absolute Gasteiger partial charge is 0.508 e. The van der Waals surface area contributed by atoms with Crippen LogP contribution in [0.4, 0.5) is 0 Å². The van der Waals surface area contributed by atoms with Crippen LogP contribution in [0.3, 0.4) is 0 Å². The van der Waals surface area contributed by atoms with E-state index in [2.05, 4.69) is 0 Å². The molecule has 94 valence electrons. The Bertz CT molecular complexity index is 497. The van der Waals surface area contributed by atoms with E-state index >= 15 is 0 Å². The van der Waals surface area contributed by atoms with Crippen LogP contribution in [0.1, 0.15) is 0 Å². The van der Waals surface area contributed by atoms with Crippen LogP contribution in [-0.4, -0.2) is 18.3 Å². The molecule has 0 aliphatic carbocycles. The molecule has 0 saturated carbocycles. The third-order valence-electron chi connectivity index (χ3n) is 2.25. The minimum absolute atomic E-state index is 0.186. The summed E-state index contributed by atoms with van der Waals surface area (Å²) >= 11 is 5.76. The van der Waals surface area contributed by atoms with Gasteiger partial charge in [0.25, 0.3) is 0 Å². The Hall–Kier alpha value is -1.87. The summed E-state index contributed by atoms with van der Waals surface area (Å²) < 4.78 is 10.9. The summed E-state index contributed by atoms with van der Waals surface area (Å²) in [5, 5.41) is 9.93. The highest BCUT2D eigenvalue weighted by Crippen LogP contribution is 2.18. The Balaban J connectivity index is 1.74. The first-order valence-electron chi connectivity index (χ1n) is 5.54. The minimum Gasteiger partial charge on any atom is -0.508 e. The smallest absolute Gasteiger partial charge is 0.123 e. The van der Waals surface area contributed by atoms with E-state index in [-0.39, 0.29) is 5.75 Å². The lowest BCUT2D eigenvalue weighted by atomic mass is 10.3. The average Bonchev–Trinajstić information content (AvgIpc) is 2.37. The summed E-state index contributed by atoms with van der Waals surface area (Å²) in [5.41, 5.74) is 0. The van der Waals surface area contributed by atoms with Crippen LogP contribution in [0.5, 0.6) is 17.2 Å². The van der Waals surface area contributed by atoms with Crippen molar-refractivity contribution >= 4 is 11.6 Å². The molecule has 2 aromatic rings. The van der Waals surface area contributed by atoms with Gasteiger partial charge in [-0.2, -0.15) is 0 Å². The van der Waals surface area contributed by atoms with Crippen molar-refractivity contribution in [2.24, 2.45) is 0 Å². The Kier molecular flexibility index (Phi) is 4.31. The molecule has 0 aliphatic rings. The first-order valence-corrected chi connectivity index (χ1v) is 5.92. The number of phenolic OH excluding ortho intramolecular Hbond substituents is 1. The maximum absolute atomic E-state index is 9.25. The molecular weight excluding hydrogens is 252 g/mol. The van der Waals surface area contributed by atoms with Crippen molar-refractivity contribution < 1.29 is 14.6 Å². The molecule has 0 amide bonds. The van der Waals surface area contributed by atoms with Crippen molar-refractivity contribution in [2.45, 2.75) is 0 Å². The lowest BCUT2D eigenvalue weighted by Gasteiger charge is -2.08. The SMILES string of the molecule is Oc1cccc(OCCOc2ccc(Cl)cc2)c1. The fourth-order valence-electron chi connectivity index (χ4n) is 1.42. The Morgan fingerprint density at radius 1 is 0.889 bits per heavy atom. The quantitative estimate of drug-likeness (QED) is 0.840. The molecule has 18 heavy (non-hydrogen) atoms. The molecule has 0 atom stereocenters. The number of aromatic hydroxyl groups is 1. The lowest BCUT2D eigenvalue weighted by Crippen LogP contribution is -2.08. The summed E-state index contributed by atoms with van der Waals surface area (Å²) in [5.74, 6) is 1.56. The first kappa shape index (κ1) is 12.6. The molecule has 0 fully saturated rings. The van der Waals surface area contributed by atoms with E-state index in [1.807, 2.05) is 0 Å². The predicted octanol–water partition coefficient (Wildman–Crippen LogP) is 3.50. The monoisotopic (exact) mass is 264 g/mol. The highest BCUT2D eigenvalue weighted by atomic mass is 35.5. The van der Waals surface area contributed by atoms with E-state index in [9.17, 15) is 5.11 Å². The topological polar surface area (TPSA) is 38.7 Å². The van der Waals surface area contributed by atoms with E-state index in [1.165, 1.54) is 0 Å². The third-order valence-corrected chi connectivity index (χ3v) is 2.50. The summed E-state index contributed by atoms with van der Waals surface area (Å²) in [6.07, 6.45) is 0. The maximum atomic E-state index is 9.25. The second-order valence-electron chi connectivity index (χ2n) is 3.65. The van der Waals surface area contributed by atoms with Gasteiger partial charge in [-0.25, -0.2) is 0 Å². The number of hydrogen-bond acceptors (Lipinski definition) is 3. The van der Waals surface area contributed by atoms with Gasteiger partial charge in [0.1, 0.15) is 30.5 Å². The van der Waals surface area contributed by atoms with Crippen LogP contribution in [0.15, 0.2) is 48.5 Å². The Morgan fingerprint density at radius 3 is 2.22 bits per heavy atom. The van der Waals surface area contributed by atoms with Gasteiger partial charge in [0, 0.05) is 11.1 Å². The van der Waals surface area contributed by atoms with Crippen molar-refractivity contribution in [3.05, 3.63) is 53.6 Å². The molecule has 1 N–H and O–H groups in total. The molecule has 2 rings (SSSR count). The molecule has 0 spiro atoms. The standard InChI is InChI=1S/C14H13ClO3/c15-11-4-6-13(7-5-11)17-8-9-18-14-3-1-2-12(16)10-14/h1-7,10,16H,8-9H2. The summed E-state index contributed by atoms with van der Waals surface area (Å²) in [6.45, 7) is 0.837. The summed E-state index contributed by atoms with van der Waals surface area (Å²) in [6, 6.07) is 13.8. The molecular formula is C14H13ClO3. The second kappa shape index (κ2) is 6.17. The van der Waals surface area contributed by atoms with E-state index in [0.29, 0.717) is 24.0 Å². The summed E-state index contributed by atoms with van der Waals surface area (Å²) in [7, 11) is 0. The number of halogens is 1. The zero-order valence-electron chi connectivity index (χ0n) is 9.67. The van der Waals surface area contributed by atoms with Crippen LogP contribution in [0.2, 0.25) is 5.02 Å². The van der Waals surface area contributed by atoms with Crippen LogP contribution in [0, 0.1) is 0 Å². The van der Waals surface area contributed by atoms with Crippen LogP contribution < -0.4 is 9.47 Å². The fraction of sp³-hybridized carbons (Fsp3) is 0.143. The van der Waals surface area contributed by atoms with E-state index in [4.69, 9.17) is 21.1 Å². The fourth-order valence-corrected chi connectivity index (χ4v) is 1.55. The van der Waals surface area contributed by atoms with Crippen molar-refractivity contribution in [3.8, 4) is 17.2 Å². The number of phenols is 1. The van der Waals surface area contributed by atoms with Gasteiger partial charge in [0.15, 0.2) is 0 Å². The number of benzene rings is 2. The molecule has 0 saturated heterocycles. The van der Waals surface area contributed by atoms with Gasteiger partial charge in [-0.15, -0.1) is 0 Å². The molecule has 4 heteroatoms. The zero-order chi connectivity index (χ0) is 12.8. The lowest BCUT2D eigenvalue weighted by molar-refractivity contribution is 0.216. The normalized spacial score (nSPS) is 10.1. The molecule has 0 heterocycles. The van der Waals surface area contributed by atoms with Crippen LogP contribution in [-0.2, 0) is 0 Å². The van der Waals surface area contributed by atoms with Crippen molar-refractivity contribution in [3.63, 3.8) is 0 Å². The molecule has 0 aromatic heterocycles. The van der Waals surface area contributed by atoms with Gasteiger partial charge in [-0.1, -0.05) is 17.7 Å². The molecule has 0 radical (unpaired) electrons. The number of rotatable bonds is 5. The van der Waals surface area contributed by atoms with Gasteiger partial charge in [-0.3, -0.25) is 0 Å². The highest BCUT2D eigenvalue weighted by molar-refractivity contribution is 6.30.